The van der Waals surface area contributed by atoms with Crippen molar-refractivity contribution in [3.05, 3.63) is 0 Å². The number of rotatable bonds is 4. The van der Waals surface area contributed by atoms with E-state index in [2.05, 4.69) is 6.07 Å². The Morgan fingerprint density at radius 1 is 1.13 bits per heavy atom. The molecular formula is C13H21NO. The minimum absolute atomic E-state index is 0.265. The van der Waals surface area contributed by atoms with E-state index in [1.54, 1.807) is 0 Å². The van der Waals surface area contributed by atoms with E-state index >= 15 is 0 Å². The van der Waals surface area contributed by atoms with Gasteiger partial charge in [-0.3, -0.25) is 0 Å². The molecule has 2 saturated carbocycles. The molecule has 0 atom stereocenters. The van der Waals surface area contributed by atoms with Crippen molar-refractivity contribution in [2.45, 2.75) is 63.9 Å². The van der Waals surface area contributed by atoms with Crippen LogP contribution < -0.4 is 0 Å². The van der Waals surface area contributed by atoms with E-state index in [0.717, 1.165) is 6.61 Å². The molecule has 0 aliphatic heterocycles. The van der Waals surface area contributed by atoms with Crippen LogP contribution >= 0.6 is 0 Å². The largest absolute Gasteiger partial charge is 0.378 e. The lowest BCUT2D eigenvalue weighted by Crippen LogP contribution is -2.18. The van der Waals surface area contributed by atoms with Crippen LogP contribution in [0.2, 0.25) is 0 Å². The Balaban J connectivity index is 1.70. The first kappa shape index (κ1) is 11.0. The maximum absolute atomic E-state index is 8.72. The van der Waals surface area contributed by atoms with Crippen LogP contribution in [0.1, 0.15) is 57.8 Å². The van der Waals surface area contributed by atoms with Crippen molar-refractivity contribution < 1.29 is 4.74 Å². The summed E-state index contributed by atoms with van der Waals surface area (Å²) in [7, 11) is 0. The van der Waals surface area contributed by atoms with Gasteiger partial charge >= 0.3 is 0 Å². The van der Waals surface area contributed by atoms with Gasteiger partial charge in [-0.1, -0.05) is 25.7 Å². The van der Waals surface area contributed by atoms with Crippen LogP contribution in [0.15, 0.2) is 0 Å². The van der Waals surface area contributed by atoms with Gasteiger partial charge in [0, 0.05) is 11.8 Å². The molecule has 15 heavy (non-hydrogen) atoms. The molecule has 84 valence electrons. The smallest absolute Gasteiger partial charge is 0.0628 e. The molecule has 0 unspecified atom stereocenters. The molecule has 0 aromatic rings. The second kappa shape index (κ2) is 4.99. The zero-order chi connectivity index (χ0) is 10.6. The molecule has 0 N–H and O–H groups in total. The van der Waals surface area contributed by atoms with Crippen LogP contribution in [-0.2, 0) is 4.74 Å². The fourth-order valence-corrected chi connectivity index (χ4v) is 2.42. The van der Waals surface area contributed by atoms with Gasteiger partial charge in [0.15, 0.2) is 0 Å². The molecule has 0 radical (unpaired) electrons. The summed E-state index contributed by atoms with van der Waals surface area (Å²) in [5.74, 6) is 0. The van der Waals surface area contributed by atoms with Crippen LogP contribution in [0.3, 0.4) is 0 Å². The van der Waals surface area contributed by atoms with Gasteiger partial charge in [0.05, 0.1) is 18.8 Å². The SMILES string of the molecule is N#CCC1(COC2CCCCCC2)CC1. The summed E-state index contributed by atoms with van der Waals surface area (Å²) < 4.78 is 5.99. The van der Waals surface area contributed by atoms with Crippen molar-refractivity contribution in [3.63, 3.8) is 0 Å². The third-order valence-corrected chi connectivity index (χ3v) is 3.84. The Morgan fingerprint density at radius 2 is 1.80 bits per heavy atom. The van der Waals surface area contributed by atoms with Gasteiger partial charge in [-0.25, -0.2) is 0 Å². The highest BCUT2D eigenvalue weighted by atomic mass is 16.5. The molecule has 0 aromatic heterocycles. The summed E-state index contributed by atoms with van der Waals surface area (Å²) >= 11 is 0. The van der Waals surface area contributed by atoms with Gasteiger partial charge in [0.2, 0.25) is 0 Å². The van der Waals surface area contributed by atoms with Crippen LogP contribution in [0.25, 0.3) is 0 Å². The van der Waals surface area contributed by atoms with E-state index < -0.39 is 0 Å². The highest BCUT2D eigenvalue weighted by Crippen LogP contribution is 2.49. The van der Waals surface area contributed by atoms with Crippen LogP contribution in [0, 0.1) is 16.7 Å². The monoisotopic (exact) mass is 207 g/mol. The average molecular weight is 207 g/mol. The van der Waals surface area contributed by atoms with E-state index in [-0.39, 0.29) is 5.41 Å². The molecule has 0 aromatic carbocycles. The Kier molecular flexibility index (Phi) is 3.64. The predicted molar refractivity (Wildman–Crippen MR) is 59.3 cm³/mol. The Morgan fingerprint density at radius 3 is 2.33 bits per heavy atom. The number of nitrogens with zero attached hydrogens (tertiary/aromatic N) is 1. The zero-order valence-electron chi connectivity index (χ0n) is 9.50. The van der Waals surface area contributed by atoms with Crippen molar-refractivity contribution in [1.29, 1.82) is 5.26 Å². The predicted octanol–water partition coefficient (Wildman–Crippen LogP) is 3.42. The molecular weight excluding hydrogens is 186 g/mol. The molecule has 2 aliphatic rings. The topological polar surface area (TPSA) is 33.0 Å². The first-order valence-corrected chi connectivity index (χ1v) is 6.33. The summed E-state index contributed by atoms with van der Waals surface area (Å²) in [6, 6.07) is 2.29. The van der Waals surface area contributed by atoms with Gasteiger partial charge in [0.1, 0.15) is 0 Å². The van der Waals surface area contributed by atoms with E-state index in [1.807, 2.05) is 0 Å². The summed E-state index contributed by atoms with van der Waals surface area (Å²) in [6.45, 7) is 0.839. The average Bonchev–Trinajstić information content (AvgIpc) is 3.00. The van der Waals surface area contributed by atoms with Crippen molar-refractivity contribution in [1.82, 2.24) is 0 Å². The first-order chi connectivity index (χ1) is 7.35. The molecule has 2 rings (SSSR count). The standard InChI is InChI=1S/C13H21NO/c14-10-9-13(7-8-13)11-15-12-5-3-1-2-4-6-12/h12H,1-9,11H2. The fraction of sp³-hybridized carbons (Fsp3) is 0.923. The second-order valence-electron chi connectivity index (χ2n) is 5.26. The minimum atomic E-state index is 0.265. The van der Waals surface area contributed by atoms with Crippen molar-refractivity contribution in [2.75, 3.05) is 6.61 Å². The fourth-order valence-electron chi connectivity index (χ4n) is 2.42. The van der Waals surface area contributed by atoms with E-state index in [4.69, 9.17) is 10.00 Å². The second-order valence-corrected chi connectivity index (χ2v) is 5.26. The Hall–Kier alpha value is -0.550. The van der Waals surface area contributed by atoms with E-state index in [0.29, 0.717) is 12.5 Å². The van der Waals surface area contributed by atoms with Crippen LogP contribution in [0.4, 0.5) is 0 Å². The van der Waals surface area contributed by atoms with Gasteiger partial charge in [0.25, 0.3) is 0 Å². The summed E-state index contributed by atoms with van der Waals surface area (Å²) in [4.78, 5) is 0. The minimum Gasteiger partial charge on any atom is -0.378 e. The highest BCUT2D eigenvalue weighted by molar-refractivity contribution is 4.99. The number of hydrogen-bond acceptors (Lipinski definition) is 2. The van der Waals surface area contributed by atoms with Gasteiger partial charge in [-0.2, -0.15) is 5.26 Å². The summed E-state index contributed by atoms with van der Waals surface area (Å²) in [5.41, 5.74) is 0.265. The number of ether oxygens (including phenoxy) is 1. The molecule has 2 fully saturated rings. The first-order valence-electron chi connectivity index (χ1n) is 6.33. The maximum atomic E-state index is 8.72. The van der Waals surface area contributed by atoms with Gasteiger partial charge in [-0.15, -0.1) is 0 Å². The summed E-state index contributed by atoms with van der Waals surface area (Å²) in [6.07, 6.45) is 11.5. The van der Waals surface area contributed by atoms with Crippen molar-refractivity contribution >= 4 is 0 Å². The molecule has 0 heterocycles. The molecule has 2 heteroatoms. The van der Waals surface area contributed by atoms with E-state index in [1.165, 1.54) is 51.4 Å². The Bertz CT molecular complexity index is 231. The normalized spacial score (nSPS) is 25.5. The third kappa shape index (κ3) is 3.21. The molecule has 0 amide bonds. The molecule has 0 saturated heterocycles. The molecule has 2 nitrogen and oxygen atoms in total. The zero-order valence-corrected chi connectivity index (χ0v) is 9.50. The van der Waals surface area contributed by atoms with Crippen LogP contribution in [-0.4, -0.2) is 12.7 Å². The Labute approximate surface area is 92.6 Å². The molecule has 0 bridgehead atoms. The lowest BCUT2D eigenvalue weighted by atomic mass is 10.1. The molecule has 0 spiro atoms. The van der Waals surface area contributed by atoms with Gasteiger partial charge in [-0.05, 0) is 25.7 Å². The van der Waals surface area contributed by atoms with Crippen molar-refractivity contribution in [3.8, 4) is 6.07 Å². The van der Waals surface area contributed by atoms with E-state index in [9.17, 15) is 0 Å². The third-order valence-electron chi connectivity index (χ3n) is 3.84. The van der Waals surface area contributed by atoms with Crippen LogP contribution in [0.5, 0.6) is 0 Å². The quantitative estimate of drug-likeness (QED) is 0.662. The maximum Gasteiger partial charge on any atom is 0.0628 e. The highest BCUT2D eigenvalue weighted by Gasteiger charge is 2.43. The molecule has 2 aliphatic carbocycles. The lowest BCUT2D eigenvalue weighted by molar-refractivity contribution is 0.0148. The number of hydrogen-bond donors (Lipinski definition) is 0. The number of nitriles is 1. The van der Waals surface area contributed by atoms with Gasteiger partial charge < -0.3 is 4.74 Å². The van der Waals surface area contributed by atoms with Crippen molar-refractivity contribution in [2.24, 2.45) is 5.41 Å². The summed E-state index contributed by atoms with van der Waals surface area (Å²) in [5, 5.41) is 8.72. The lowest BCUT2D eigenvalue weighted by Gasteiger charge is -2.19.